The van der Waals surface area contributed by atoms with Crippen LogP contribution in [0.25, 0.3) is 11.1 Å². The van der Waals surface area contributed by atoms with E-state index in [0.717, 1.165) is 15.2 Å². The third-order valence-electron chi connectivity index (χ3n) is 5.34. The number of hydrogen-bond acceptors (Lipinski definition) is 5. The van der Waals surface area contributed by atoms with Crippen LogP contribution in [0.4, 0.5) is 0 Å². The first-order valence-electron chi connectivity index (χ1n) is 11.0. The summed E-state index contributed by atoms with van der Waals surface area (Å²) in [6, 6.07) is 34.7. The van der Waals surface area contributed by atoms with Gasteiger partial charge in [0.15, 0.2) is 0 Å². The van der Waals surface area contributed by atoms with E-state index in [-0.39, 0.29) is 10.8 Å². The lowest BCUT2D eigenvalue weighted by molar-refractivity contribution is 0.458. The van der Waals surface area contributed by atoms with Gasteiger partial charge < -0.3 is 9.47 Å². The van der Waals surface area contributed by atoms with Crippen molar-refractivity contribution in [3.63, 3.8) is 0 Å². The number of ether oxygens (including phenoxy) is 2. The zero-order chi connectivity index (χ0) is 24.3. The Hall–Kier alpha value is -4.36. The fourth-order valence-corrected chi connectivity index (χ4v) is 4.89. The van der Waals surface area contributed by atoms with Gasteiger partial charge in [-0.3, -0.25) is 0 Å². The average molecular weight is 483 g/mol. The number of rotatable bonds is 7. The molecule has 0 spiro atoms. The number of aryl methyl sites for hydroxylation is 1. The predicted octanol–water partition coefficient (Wildman–Crippen LogP) is 6.68. The van der Waals surface area contributed by atoms with Crippen LogP contribution in [0.1, 0.15) is 5.69 Å². The summed E-state index contributed by atoms with van der Waals surface area (Å²) in [6.07, 6.45) is 0. The molecule has 5 rings (SSSR count). The van der Waals surface area contributed by atoms with Crippen molar-refractivity contribution < 1.29 is 17.9 Å². The summed E-state index contributed by atoms with van der Waals surface area (Å²) in [5.41, 5.74) is 2.60. The van der Waals surface area contributed by atoms with Crippen molar-refractivity contribution in [3.8, 4) is 34.3 Å². The summed E-state index contributed by atoms with van der Waals surface area (Å²) in [5.74, 6) is 1.97. The van der Waals surface area contributed by atoms with Gasteiger partial charge in [-0.25, -0.2) is 0 Å². The molecule has 6 nitrogen and oxygen atoms in total. The minimum absolute atomic E-state index is 0.0999. The molecule has 0 saturated carbocycles. The highest BCUT2D eigenvalue weighted by atomic mass is 32.2. The topological polar surface area (TPSA) is 70.4 Å². The third kappa shape index (κ3) is 4.95. The molecule has 0 aliphatic carbocycles. The first-order valence-corrected chi connectivity index (χ1v) is 12.4. The van der Waals surface area contributed by atoms with Gasteiger partial charge in [0.1, 0.15) is 17.2 Å². The first kappa shape index (κ1) is 22.4. The minimum Gasteiger partial charge on any atom is -0.457 e. The van der Waals surface area contributed by atoms with Crippen LogP contribution in [0.2, 0.25) is 0 Å². The molecule has 1 heterocycles. The number of aromatic nitrogens is 2. The molecule has 7 heteroatoms. The molecule has 35 heavy (non-hydrogen) atoms. The molecule has 4 aromatic carbocycles. The zero-order valence-corrected chi connectivity index (χ0v) is 19.7. The maximum absolute atomic E-state index is 13.2. The second-order valence-corrected chi connectivity index (χ2v) is 9.62. The smallest absolute Gasteiger partial charge is 0.283 e. The third-order valence-corrected chi connectivity index (χ3v) is 7.03. The number of benzene rings is 4. The van der Waals surface area contributed by atoms with Crippen LogP contribution in [0.5, 0.6) is 23.1 Å². The van der Waals surface area contributed by atoms with Gasteiger partial charge in [0.25, 0.3) is 10.0 Å². The normalized spacial score (nSPS) is 11.2. The monoisotopic (exact) mass is 482 g/mol. The summed E-state index contributed by atoms with van der Waals surface area (Å²) >= 11 is 0. The van der Waals surface area contributed by atoms with E-state index in [4.69, 9.17) is 9.47 Å². The zero-order valence-electron chi connectivity index (χ0n) is 18.9. The van der Waals surface area contributed by atoms with Gasteiger partial charge in [0.2, 0.25) is 5.88 Å². The van der Waals surface area contributed by atoms with Gasteiger partial charge in [-0.15, -0.1) is 5.10 Å². The van der Waals surface area contributed by atoms with Gasteiger partial charge in [0.05, 0.1) is 10.6 Å². The fourth-order valence-electron chi connectivity index (χ4n) is 3.60. The molecule has 5 aromatic rings. The summed E-state index contributed by atoms with van der Waals surface area (Å²) in [7, 11) is -3.90. The van der Waals surface area contributed by atoms with Crippen molar-refractivity contribution in [2.24, 2.45) is 0 Å². The van der Waals surface area contributed by atoms with E-state index in [1.54, 1.807) is 25.1 Å². The molecular formula is C28H22N2O4S. The summed E-state index contributed by atoms with van der Waals surface area (Å²) in [6.45, 7) is 1.67. The van der Waals surface area contributed by atoms with Gasteiger partial charge in [-0.2, -0.15) is 12.5 Å². The van der Waals surface area contributed by atoms with Gasteiger partial charge in [-0.05, 0) is 66.6 Å². The lowest BCUT2D eigenvalue weighted by Gasteiger charge is -2.09. The van der Waals surface area contributed by atoms with E-state index in [1.165, 1.54) is 12.1 Å². The molecule has 0 bridgehead atoms. The molecule has 0 aliphatic rings. The molecule has 174 valence electrons. The summed E-state index contributed by atoms with van der Waals surface area (Å²) < 4.78 is 38.9. The Labute approximate surface area is 204 Å². The van der Waals surface area contributed by atoms with Crippen molar-refractivity contribution in [2.45, 2.75) is 11.8 Å². The summed E-state index contributed by atoms with van der Waals surface area (Å²) in [5, 5.41) is 4.20. The quantitative estimate of drug-likeness (QED) is 0.259. The second-order valence-electron chi connectivity index (χ2n) is 7.85. The van der Waals surface area contributed by atoms with Crippen molar-refractivity contribution in [3.05, 3.63) is 121 Å². The highest BCUT2D eigenvalue weighted by molar-refractivity contribution is 7.89. The van der Waals surface area contributed by atoms with Crippen LogP contribution in [0.15, 0.2) is 120 Å². The van der Waals surface area contributed by atoms with Crippen LogP contribution < -0.4 is 9.47 Å². The molecule has 0 aliphatic heterocycles. The van der Waals surface area contributed by atoms with E-state index in [0.29, 0.717) is 22.9 Å². The van der Waals surface area contributed by atoms with Crippen LogP contribution in [0.3, 0.4) is 0 Å². The molecule has 0 N–H and O–H groups in total. The van der Waals surface area contributed by atoms with Gasteiger partial charge >= 0.3 is 0 Å². The van der Waals surface area contributed by atoms with E-state index in [2.05, 4.69) is 5.10 Å². The van der Waals surface area contributed by atoms with Crippen LogP contribution in [-0.4, -0.2) is 17.6 Å². The Balaban J connectivity index is 1.32. The molecule has 0 amide bonds. The standard InChI is InChI=1S/C28H22N2O4S/c1-21-20-28(34-26-14-12-23(13-15-26)22-8-4-2-5-9-22)29-30(21)35(31,32)27-18-16-25(17-19-27)33-24-10-6-3-7-11-24/h2-20H,1H3. The number of nitrogens with zero attached hydrogens (tertiary/aromatic N) is 2. The second kappa shape index (κ2) is 9.48. The average Bonchev–Trinajstić information content (AvgIpc) is 3.26. The van der Waals surface area contributed by atoms with Crippen LogP contribution in [0, 0.1) is 6.92 Å². The van der Waals surface area contributed by atoms with Crippen molar-refractivity contribution in [1.82, 2.24) is 9.19 Å². The molecule has 0 fully saturated rings. The lowest BCUT2D eigenvalue weighted by atomic mass is 10.1. The van der Waals surface area contributed by atoms with Gasteiger partial charge in [0, 0.05) is 6.07 Å². The van der Waals surface area contributed by atoms with Crippen molar-refractivity contribution in [1.29, 1.82) is 0 Å². The van der Waals surface area contributed by atoms with E-state index in [9.17, 15) is 8.42 Å². The van der Waals surface area contributed by atoms with E-state index < -0.39 is 10.0 Å². The van der Waals surface area contributed by atoms with Crippen molar-refractivity contribution in [2.75, 3.05) is 0 Å². The molecule has 1 aromatic heterocycles. The number of para-hydroxylation sites is 1. The van der Waals surface area contributed by atoms with Gasteiger partial charge in [-0.1, -0.05) is 60.7 Å². The predicted molar refractivity (Wildman–Crippen MR) is 134 cm³/mol. The molecule has 0 saturated heterocycles. The molecule has 0 unspecified atom stereocenters. The molecular weight excluding hydrogens is 460 g/mol. The SMILES string of the molecule is Cc1cc(Oc2ccc(-c3ccccc3)cc2)nn1S(=O)(=O)c1ccc(Oc2ccccc2)cc1. The van der Waals surface area contributed by atoms with E-state index >= 15 is 0 Å². The minimum atomic E-state index is -3.90. The Bertz CT molecular complexity index is 1530. The van der Waals surface area contributed by atoms with Crippen molar-refractivity contribution >= 4 is 10.0 Å². The lowest BCUT2D eigenvalue weighted by Crippen LogP contribution is -2.16. The first-order chi connectivity index (χ1) is 17.0. The number of hydrogen-bond donors (Lipinski definition) is 0. The maximum atomic E-state index is 13.2. The Morgan fingerprint density at radius 1 is 0.629 bits per heavy atom. The Kier molecular flexibility index (Phi) is 6.08. The highest BCUT2D eigenvalue weighted by Gasteiger charge is 2.22. The largest absolute Gasteiger partial charge is 0.457 e. The van der Waals surface area contributed by atoms with E-state index in [1.807, 2.05) is 84.9 Å². The van der Waals surface area contributed by atoms with Crippen LogP contribution >= 0.6 is 0 Å². The Morgan fingerprint density at radius 3 is 1.80 bits per heavy atom. The molecule has 0 atom stereocenters. The fraction of sp³-hybridized carbons (Fsp3) is 0.0357. The highest BCUT2D eigenvalue weighted by Crippen LogP contribution is 2.28. The Morgan fingerprint density at radius 2 is 1.14 bits per heavy atom. The maximum Gasteiger partial charge on any atom is 0.283 e. The molecule has 0 radical (unpaired) electrons. The summed E-state index contributed by atoms with van der Waals surface area (Å²) in [4.78, 5) is 0.0999. The van der Waals surface area contributed by atoms with Crippen LogP contribution in [-0.2, 0) is 10.0 Å².